The molecule has 0 spiro atoms. The van der Waals surface area contributed by atoms with Gasteiger partial charge in [-0.1, -0.05) is 209 Å². The summed E-state index contributed by atoms with van der Waals surface area (Å²) in [6.45, 7) is 7.03. The quantitative estimate of drug-likeness (QED) is 0.154. The highest BCUT2D eigenvalue weighted by molar-refractivity contribution is 7.27. The van der Waals surface area contributed by atoms with Gasteiger partial charge in [-0.05, 0) is 121 Å². The molecular formula is C65H49NS. The molecule has 1 nitrogen and oxygen atoms in total. The number of fused-ring (bicyclic) bond motifs is 10. The second-order valence-corrected chi connectivity index (χ2v) is 20.3. The third-order valence-electron chi connectivity index (χ3n) is 15.1. The molecule has 1 heterocycles. The van der Waals surface area contributed by atoms with Gasteiger partial charge >= 0.3 is 0 Å². The SMILES string of the molecule is CC1C=CC=C(c2ccc(N(c3ccc(-c4cccc5c4sc4c6c(ccc45)C(c4ccccc4)(c4ccccc4)c4ccccc4-6)cc3)c3ccc4c(c3)C(C)(C)c3ccccc3-4)cc2)C1. The Bertz CT molecular complexity index is 3590. The highest BCUT2D eigenvalue weighted by Crippen LogP contribution is 2.60. The van der Waals surface area contributed by atoms with Crippen molar-refractivity contribution >= 4 is 54.1 Å². The summed E-state index contributed by atoms with van der Waals surface area (Å²) in [7, 11) is 0. The van der Waals surface area contributed by atoms with E-state index in [-0.39, 0.29) is 5.41 Å². The van der Waals surface area contributed by atoms with Crippen molar-refractivity contribution in [1.29, 1.82) is 0 Å². The zero-order valence-corrected chi connectivity index (χ0v) is 38.8. The monoisotopic (exact) mass is 875 g/mol. The van der Waals surface area contributed by atoms with E-state index in [1.807, 2.05) is 11.3 Å². The van der Waals surface area contributed by atoms with Crippen LogP contribution in [0.1, 0.15) is 66.1 Å². The fourth-order valence-corrected chi connectivity index (χ4v) is 13.4. The minimum atomic E-state index is -0.425. The average molecular weight is 876 g/mol. The minimum Gasteiger partial charge on any atom is -0.310 e. The highest BCUT2D eigenvalue weighted by atomic mass is 32.1. The molecule has 0 saturated carbocycles. The molecule has 0 radical (unpaired) electrons. The lowest BCUT2D eigenvalue weighted by molar-refractivity contribution is 0.660. The number of hydrogen-bond donors (Lipinski definition) is 0. The number of thiophene rings is 1. The molecule has 2 heteroatoms. The van der Waals surface area contributed by atoms with Crippen molar-refractivity contribution in [3.8, 4) is 33.4 Å². The maximum absolute atomic E-state index is 2.44. The van der Waals surface area contributed by atoms with Crippen LogP contribution in [0.5, 0.6) is 0 Å². The number of hydrogen-bond acceptors (Lipinski definition) is 2. The largest absolute Gasteiger partial charge is 0.310 e. The van der Waals surface area contributed by atoms with E-state index in [0.29, 0.717) is 5.92 Å². The molecule has 0 aliphatic heterocycles. The summed E-state index contributed by atoms with van der Waals surface area (Å²) in [5.41, 5.74) is 21.5. The van der Waals surface area contributed by atoms with E-state index >= 15 is 0 Å². The lowest BCUT2D eigenvalue weighted by Gasteiger charge is -2.33. The third kappa shape index (κ3) is 5.99. The Morgan fingerprint density at radius 3 is 1.75 bits per heavy atom. The van der Waals surface area contributed by atoms with E-state index in [2.05, 4.69) is 250 Å². The topological polar surface area (TPSA) is 3.24 Å². The van der Waals surface area contributed by atoms with Crippen LogP contribution in [-0.4, -0.2) is 0 Å². The minimum absolute atomic E-state index is 0.102. The summed E-state index contributed by atoms with van der Waals surface area (Å²) in [6, 6.07) is 77.6. The number of allylic oxidation sites excluding steroid dienone is 4. The standard InChI is InChI=1S/C65H49NS/c1-42-16-14-17-45(40-42)43-28-32-48(33-29-43)66(50-36-37-53-52-22-10-12-26-57(52)64(2,3)60(53)41-50)49-34-30-44(31-35-49)51-24-15-25-54-55-38-39-59-61(63(55)67-62(51)54)56-23-11-13-27-58(56)65(59,46-18-6-4-7-19-46)47-20-8-5-9-21-47/h4-39,41-42H,40H2,1-3H3. The van der Waals surface area contributed by atoms with E-state index in [4.69, 9.17) is 0 Å². The molecule has 0 amide bonds. The van der Waals surface area contributed by atoms with Gasteiger partial charge in [0.15, 0.2) is 0 Å². The molecule has 0 bridgehead atoms. The van der Waals surface area contributed by atoms with E-state index in [1.165, 1.54) is 98.1 Å². The normalized spacial score (nSPS) is 16.0. The van der Waals surface area contributed by atoms with Gasteiger partial charge in [0.25, 0.3) is 0 Å². The molecule has 13 rings (SSSR count). The Labute approximate surface area is 397 Å². The van der Waals surface area contributed by atoms with E-state index in [1.54, 1.807) is 0 Å². The smallest absolute Gasteiger partial charge is 0.0714 e. The Balaban J connectivity index is 0.941. The summed E-state index contributed by atoms with van der Waals surface area (Å²) < 4.78 is 2.67. The summed E-state index contributed by atoms with van der Waals surface area (Å²) in [4.78, 5) is 2.44. The number of nitrogens with zero attached hydrogens (tertiary/aromatic N) is 1. The molecule has 10 aromatic rings. The summed E-state index contributed by atoms with van der Waals surface area (Å²) in [6.07, 6.45) is 7.85. The van der Waals surface area contributed by atoms with Crippen molar-refractivity contribution in [3.63, 3.8) is 0 Å². The van der Waals surface area contributed by atoms with Crippen LogP contribution in [0, 0.1) is 5.92 Å². The molecule has 67 heavy (non-hydrogen) atoms. The van der Waals surface area contributed by atoms with E-state index in [9.17, 15) is 0 Å². The van der Waals surface area contributed by atoms with E-state index in [0.717, 1.165) is 23.5 Å². The van der Waals surface area contributed by atoms with Crippen LogP contribution in [-0.2, 0) is 10.8 Å². The van der Waals surface area contributed by atoms with Gasteiger partial charge in [0.05, 0.1) is 5.41 Å². The van der Waals surface area contributed by atoms with Gasteiger partial charge < -0.3 is 4.90 Å². The van der Waals surface area contributed by atoms with Gasteiger partial charge in [-0.2, -0.15) is 0 Å². The zero-order valence-electron chi connectivity index (χ0n) is 38.0. The molecule has 320 valence electrons. The van der Waals surface area contributed by atoms with Crippen LogP contribution >= 0.6 is 11.3 Å². The average Bonchev–Trinajstić information content (AvgIpc) is 3.99. The molecule has 0 N–H and O–H groups in total. The van der Waals surface area contributed by atoms with Crippen LogP contribution in [0.3, 0.4) is 0 Å². The third-order valence-corrected chi connectivity index (χ3v) is 16.4. The predicted molar refractivity (Wildman–Crippen MR) is 285 cm³/mol. The maximum Gasteiger partial charge on any atom is 0.0714 e. The lowest BCUT2D eigenvalue weighted by atomic mass is 9.68. The highest BCUT2D eigenvalue weighted by Gasteiger charge is 2.47. The van der Waals surface area contributed by atoms with Gasteiger partial charge in [0.1, 0.15) is 0 Å². The number of rotatable bonds is 7. The van der Waals surface area contributed by atoms with Crippen LogP contribution < -0.4 is 4.90 Å². The molecule has 0 saturated heterocycles. The first kappa shape index (κ1) is 39.8. The van der Waals surface area contributed by atoms with Crippen LogP contribution in [0.25, 0.3) is 59.1 Å². The van der Waals surface area contributed by atoms with Gasteiger partial charge in [-0.15, -0.1) is 11.3 Å². The van der Waals surface area contributed by atoms with Crippen LogP contribution in [0.15, 0.2) is 224 Å². The first-order valence-corrected chi connectivity index (χ1v) is 24.5. The van der Waals surface area contributed by atoms with Crippen LogP contribution in [0.2, 0.25) is 0 Å². The molecule has 1 atom stereocenters. The Hall–Kier alpha value is -7.52. The molecule has 1 unspecified atom stereocenters. The first-order valence-electron chi connectivity index (χ1n) is 23.7. The predicted octanol–water partition coefficient (Wildman–Crippen LogP) is 17.8. The first-order chi connectivity index (χ1) is 32.9. The molecule has 1 aromatic heterocycles. The maximum atomic E-state index is 2.44. The molecular weight excluding hydrogens is 827 g/mol. The second-order valence-electron chi connectivity index (χ2n) is 19.3. The van der Waals surface area contributed by atoms with E-state index < -0.39 is 5.41 Å². The Kier molecular flexibility index (Phi) is 9.07. The second kappa shape index (κ2) is 15.3. The summed E-state index contributed by atoms with van der Waals surface area (Å²) >= 11 is 1.95. The number of anilines is 3. The fourth-order valence-electron chi connectivity index (χ4n) is 12.0. The fraction of sp³-hybridized carbons (Fsp3) is 0.108. The molecule has 3 aliphatic carbocycles. The van der Waals surface area contributed by atoms with Crippen molar-refractivity contribution in [1.82, 2.24) is 0 Å². The molecule has 3 aliphatic rings. The summed E-state index contributed by atoms with van der Waals surface area (Å²) in [5.74, 6) is 0.545. The lowest BCUT2D eigenvalue weighted by Crippen LogP contribution is -2.28. The Morgan fingerprint density at radius 2 is 1.04 bits per heavy atom. The molecule has 9 aromatic carbocycles. The van der Waals surface area contributed by atoms with Crippen molar-refractivity contribution in [3.05, 3.63) is 263 Å². The summed E-state index contributed by atoms with van der Waals surface area (Å²) in [5, 5.41) is 2.62. The number of benzene rings is 9. The van der Waals surface area contributed by atoms with Crippen molar-refractivity contribution in [2.45, 2.75) is 38.0 Å². The van der Waals surface area contributed by atoms with Gasteiger partial charge in [-0.25, -0.2) is 0 Å². The Morgan fingerprint density at radius 1 is 0.463 bits per heavy atom. The van der Waals surface area contributed by atoms with Crippen molar-refractivity contribution in [2.24, 2.45) is 5.92 Å². The van der Waals surface area contributed by atoms with Crippen LogP contribution in [0.4, 0.5) is 17.1 Å². The van der Waals surface area contributed by atoms with Crippen molar-refractivity contribution in [2.75, 3.05) is 4.90 Å². The van der Waals surface area contributed by atoms with Gasteiger partial charge in [-0.3, -0.25) is 0 Å². The van der Waals surface area contributed by atoms with Gasteiger partial charge in [0.2, 0.25) is 0 Å². The van der Waals surface area contributed by atoms with Crippen molar-refractivity contribution < 1.29 is 0 Å². The molecule has 0 fully saturated rings. The zero-order chi connectivity index (χ0) is 44.9. The van der Waals surface area contributed by atoms with Gasteiger partial charge in [0, 0.05) is 48.2 Å².